The van der Waals surface area contributed by atoms with E-state index >= 15 is 0 Å². The number of carbonyl (C=O) groups is 1. The smallest absolute Gasteiger partial charge is 0.272 e. The molecule has 1 aliphatic heterocycles. The predicted octanol–water partition coefficient (Wildman–Crippen LogP) is 3.19. The Morgan fingerprint density at radius 1 is 1.09 bits per heavy atom. The van der Waals surface area contributed by atoms with E-state index in [4.69, 9.17) is 0 Å². The summed E-state index contributed by atoms with van der Waals surface area (Å²) in [7, 11) is 0. The van der Waals surface area contributed by atoms with Gasteiger partial charge in [-0.1, -0.05) is 18.2 Å². The van der Waals surface area contributed by atoms with Crippen LogP contribution in [-0.2, 0) is 6.54 Å². The second-order valence-electron chi connectivity index (χ2n) is 7.69. The first kappa shape index (κ1) is 20.1. The number of nitrogens with zero attached hydrogens (tertiary/aromatic N) is 4. The monoisotopic (exact) mass is 435 g/mol. The van der Waals surface area contributed by atoms with E-state index < -0.39 is 17.5 Å². The first-order valence-corrected chi connectivity index (χ1v) is 10.1. The SMILES string of the molecule is O=C(Nc1ccc(N2CC(O)C2)nc1)c1cc2cc(F)cnc2n1Cc1ccccc1F. The number of hydrogen-bond acceptors (Lipinski definition) is 5. The Hall–Kier alpha value is -3.85. The minimum Gasteiger partial charge on any atom is -0.389 e. The number of aliphatic hydroxyl groups excluding tert-OH is 1. The van der Waals surface area contributed by atoms with Crippen LogP contribution in [0, 0.1) is 11.6 Å². The maximum Gasteiger partial charge on any atom is 0.272 e. The van der Waals surface area contributed by atoms with E-state index in [1.54, 1.807) is 34.9 Å². The number of carbonyl (C=O) groups excluding carboxylic acids is 1. The van der Waals surface area contributed by atoms with Crippen molar-refractivity contribution >= 4 is 28.4 Å². The van der Waals surface area contributed by atoms with Crippen molar-refractivity contribution in [1.82, 2.24) is 14.5 Å². The Morgan fingerprint density at radius 3 is 2.62 bits per heavy atom. The molecule has 4 aromatic rings. The molecule has 0 unspecified atom stereocenters. The summed E-state index contributed by atoms with van der Waals surface area (Å²) in [5, 5.41) is 12.6. The van der Waals surface area contributed by atoms with Crippen molar-refractivity contribution in [1.29, 1.82) is 0 Å². The fraction of sp³-hybridized carbons (Fsp3) is 0.174. The lowest BCUT2D eigenvalue weighted by atomic mass is 10.2. The highest BCUT2D eigenvalue weighted by atomic mass is 19.1. The molecule has 1 saturated heterocycles. The number of β-amino-alcohol motifs (C(OH)–C–C–N with tert-alkyl or cyclic N) is 1. The Labute approximate surface area is 182 Å². The molecule has 0 saturated carbocycles. The third-order valence-corrected chi connectivity index (χ3v) is 5.41. The van der Waals surface area contributed by atoms with Gasteiger partial charge in [0.05, 0.1) is 30.7 Å². The molecule has 0 aliphatic carbocycles. The lowest BCUT2D eigenvalue weighted by Crippen LogP contribution is -2.51. The minimum absolute atomic E-state index is 0.0615. The van der Waals surface area contributed by atoms with E-state index in [1.807, 2.05) is 4.90 Å². The van der Waals surface area contributed by atoms with Gasteiger partial charge in [-0.25, -0.2) is 18.7 Å². The highest BCUT2D eigenvalue weighted by molar-refractivity contribution is 6.06. The van der Waals surface area contributed by atoms with Crippen molar-refractivity contribution in [3.05, 3.63) is 83.8 Å². The van der Waals surface area contributed by atoms with Crippen molar-refractivity contribution in [2.45, 2.75) is 12.6 Å². The van der Waals surface area contributed by atoms with Gasteiger partial charge in [0, 0.05) is 24.0 Å². The average molecular weight is 435 g/mol. The molecule has 1 fully saturated rings. The summed E-state index contributed by atoms with van der Waals surface area (Å²) in [5.74, 6) is -0.669. The zero-order valence-corrected chi connectivity index (χ0v) is 16.9. The van der Waals surface area contributed by atoms with Crippen molar-refractivity contribution in [3.63, 3.8) is 0 Å². The summed E-state index contributed by atoms with van der Waals surface area (Å²) < 4.78 is 29.5. The third-order valence-electron chi connectivity index (χ3n) is 5.41. The third kappa shape index (κ3) is 3.78. The molecule has 7 nitrogen and oxygen atoms in total. The van der Waals surface area contributed by atoms with Gasteiger partial charge in [0.15, 0.2) is 0 Å². The molecule has 0 spiro atoms. The van der Waals surface area contributed by atoms with Gasteiger partial charge in [0.25, 0.3) is 5.91 Å². The molecule has 3 aromatic heterocycles. The van der Waals surface area contributed by atoms with Gasteiger partial charge in [0.1, 0.15) is 28.8 Å². The van der Waals surface area contributed by atoms with Gasteiger partial charge in [-0.05, 0) is 30.3 Å². The molecule has 0 radical (unpaired) electrons. The van der Waals surface area contributed by atoms with E-state index in [2.05, 4.69) is 15.3 Å². The molecule has 1 aromatic carbocycles. The van der Waals surface area contributed by atoms with E-state index in [0.717, 1.165) is 6.20 Å². The molecule has 0 bridgehead atoms. The second-order valence-corrected chi connectivity index (χ2v) is 7.69. The summed E-state index contributed by atoms with van der Waals surface area (Å²) >= 11 is 0. The van der Waals surface area contributed by atoms with Crippen LogP contribution < -0.4 is 10.2 Å². The molecular formula is C23H19F2N5O2. The molecule has 5 rings (SSSR count). The maximum atomic E-state index is 14.3. The number of rotatable bonds is 5. The Bertz CT molecular complexity index is 1300. The molecule has 1 amide bonds. The number of pyridine rings is 2. The summed E-state index contributed by atoms with van der Waals surface area (Å²) in [6.45, 7) is 1.11. The largest absolute Gasteiger partial charge is 0.389 e. The Kier molecular flexibility index (Phi) is 5.02. The van der Waals surface area contributed by atoms with Crippen LogP contribution in [0.25, 0.3) is 11.0 Å². The summed E-state index contributed by atoms with van der Waals surface area (Å²) in [6, 6.07) is 12.6. The van der Waals surface area contributed by atoms with Gasteiger partial charge in [0.2, 0.25) is 0 Å². The lowest BCUT2D eigenvalue weighted by molar-refractivity contribution is 0.101. The highest BCUT2D eigenvalue weighted by Crippen LogP contribution is 2.24. The molecule has 4 heterocycles. The second kappa shape index (κ2) is 8.01. The van der Waals surface area contributed by atoms with E-state index in [0.29, 0.717) is 41.2 Å². The van der Waals surface area contributed by atoms with Crippen LogP contribution in [0.15, 0.2) is 60.9 Å². The Morgan fingerprint density at radius 2 is 1.91 bits per heavy atom. The van der Waals surface area contributed by atoms with Crippen LogP contribution in [0.5, 0.6) is 0 Å². The molecule has 0 atom stereocenters. The van der Waals surface area contributed by atoms with Gasteiger partial charge in [-0.3, -0.25) is 4.79 Å². The molecule has 9 heteroatoms. The number of fused-ring (bicyclic) bond motifs is 1. The molecule has 162 valence electrons. The number of aliphatic hydroxyl groups is 1. The predicted molar refractivity (Wildman–Crippen MR) is 116 cm³/mol. The Balaban J connectivity index is 1.44. The van der Waals surface area contributed by atoms with Crippen molar-refractivity contribution in [3.8, 4) is 0 Å². The van der Waals surface area contributed by atoms with Gasteiger partial charge < -0.3 is 19.9 Å². The number of aromatic nitrogens is 3. The van der Waals surface area contributed by atoms with E-state index in [9.17, 15) is 18.7 Å². The van der Waals surface area contributed by atoms with Gasteiger partial charge in [-0.2, -0.15) is 0 Å². The normalized spacial score (nSPS) is 13.9. The minimum atomic E-state index is -0.525. The number of hydrogen-bond donors (Lipinski definition) is 2. The summed E-state index contributed by atoms with van der Waals surface area (Å²) in [6.07, 6.45) is 2.25. The van der Waals surface area contributed by atoms with Crippen LogP contribution in [0.3, 0.4) is 0 Å². The zero-order valence-electron chi connectivity index (χ0n) is 16.9. The maximum absolute atomic E-state index is 14.3. The molecule has 2 N–H and O–H groups in total. The van der Waals surface area contributed by atoms with E-state index in [-0.39, 0.29) is 18.3 Å². The number of nitrogens with one attached hydrogen (secondary N) is 1. The van der Waals surface area contributed by atoms with Gasteiger partial charge >= 0.3 is 0 Å². The van der Waals surface area contributed by atoms with E-state index in [1.165, 1.54) is 24.4 Å². The fourth-order valence-electron chi connectivity index (χ4n) is 3.75. The van der Waals surface area contributed by atoms with Crippen molar-refractivity contribution < 1.29 is 18.7 Å². The summed E-state index contributed by atoms with van der Waals surface area (Å²) in [4.78, 5) is 23.4. The van der Waals surface area contributed by atoms with Crippen LogP contribution in [0.4, 0.5) is 20.3 Å². The standard InChI is InChI=1S/C23H19F2N5O2/c24-16-7-15-8-20(30(22(15)27-9-16)11-14-3-1-2-4-19(14)25)23(32)28-17-5-6-21(26-10-17)29-12-18(31)13-29/h1-10,18,31H,11-13H2,(H,28,32). The van der Waals surface area contributed by atoms with Crippen LogP contribution >= 0.6 is 0 Å². The fourth-order valence-corrected chi connectivity index (χ4v) is 3.75. The summed E-state index contributed by atoms with van der Waals surface area (Å²) in [5.41, 5.74) is 1.45. The highest BCUT2D eigenvalue weighted by Gasteiger charge is 2.25. The molecular weight excluding hydrogens is 416 g/mol. The number of anilines is 2. The van der Waals surface area contributed by atoms with Crippen molar-refractivity contribution in [2.75, 3.05) is 23.3 Å². The van der Waals surface area contributed by atoms with Crippen molar-refractivity contribution in [2.24, 2.45) is 0 Å². The van der Waals surface area contributed by atoms with Crippen LogP contribution in [0.2, 0.25) is 0 Å². The van der Waals surface area contributed by atoms with Gasteiger partial charge in [-0.15, -0.1) is 0 Å². The molecule has 1 aliphatic rings. The van der Waals surface area contributed by atoms with Crippen LogP contribution in [0.1, 0.15) is 16.1 Å². The number of halogens is 2. The topological polar surface area (TPSA) is 83.3 Å². The van der Waals surface area contributed by atoms with Crippen LogP contribution in [-0.4, -0.2) is 44.7 Å². The first-order chi connectivity index (χ1) is 15.5. The zero-order chi connectivity index (χ0) is 22.2. The average Bonchev–Trinajstić information content (AvgIpc) is 3.11. The number of benzene rings is 1. The first-order valence-electron chi connectivity index (χ1n) is 10.1. The quantitative estimate of drug-likeness (QED) is 0.503. The lowest BCUT2D eigenvalue weighted by Gasteiger charge is -2.36. The molecule has 32 heavy (non-hydrogen) atoms. The number of amides is 1.